The van der Waals surface area contributed by atoms with Gasteiger partial charge in [-0.25, -0.2) is 0 Å². The third-order valence-electron chi connectivity index (χ3n) is 4.78. The summed E-state index contributed by atoms with van der Waals surface area (Å²) in [6, 6.07) is 22.9. The molecule has 3 rings (SSSR count). The van der Waals surface area contributed by atoms with Gasteiger partial charge >= 0.3 is 0 Å². The maximum absolute atomic E-state index is 13.4. The van der Waals surface area contributed by atoms with Crippen molar-refractivity contribution < 1.29 is 9.59 Å². The molecule has 154 valence electrons. The third-order valence-corrected chi connectivity index (χ3v) is 5.28. The molecule has 0 aliphatic heterocycles. The second-order valence-electron chi connectivity index (χ2n) is 6.88. The Bertz CT molecular complexity index is 990. The summed E-state index contributed by atoms with van der Waals surface area (Å²) >= 11 is 12.0. The van der Waals surface area contributed by atoms with Crippen LogP contribution in [-0.2, 0) is 22.6 Å². The summed E-state index contributed by atoms with van der Waals surface area (Å²) < 4.78 is 0. The van der Waals surface area contributed by atoms with Crippen molar-refractivity contribution >= 4 is 35.0 Å². The van der Waals surface area contributed by atoms with Crippen LogP contribution in [0.3, 0.4) is 0 Å². The molecule has 0 aliphatic rings. The molecule has 30 heavy (non-hydrogen) atoms. The highest BCUT2D eigenvalue weighted by Gasteiger charge is 2.30. The molecule has 0 heterocycles. The van der Waals surface area contributed by atoms with Crippen molar-refractivity contribution in [1.82, 2.24) is 10.2 Å². The first-order valence-electron chi connectivity index (χ1n) is 9.53. The molecule has 0 saturated carbocycles. The van der Waals surface area contributed by atoms with Gasteiger partial charge in [0.2, 0.25) is 11.8 Å². The molecular weight excluding hydrogens is 419 g/mol. The van der Waals surface area contributed by atoms with Crippen molar-refractivity contribution in [3.05, 3.63) is 106 Å². The van der Waals surface area contributed by atoms with Gasteiger partial charge in [-0.05, 0) is 41.0 Å². The van der Waals surface area contributed by atoms with Gasteiger partial charge in [0.1, 0.15) is 6.04 Å². The fourth-order valence-electron chi connectivity index (χ4n) is 3.23. The predicted molar refractivity (Wildman–Crippen MR) is 120 cm³/mol. The summed E-state index contributed by atoms with van der Waals surface area (Å²) in [5.74, 6) is -0.413. The van der Waals surface area contributed by atoms with E-state index in [1.165, 1.54) is 0 Å². The topological polar surface area (TPSA) is 49.4 Å². The Kier molecular flexibility index (Phi) is 7.50. The average molecular weight is 441 g/mol. The lowest BCUT2D eigenvalue weighted by Crippen LogP contribution is -2.43. The molecule has 0 unspecified atom stereocenters. The van der Waals surface area contributed by atoms with E-state index in [0.717, 1.165) is 16.7 Å². The summed E-state index contributed by atoms with van der Waals surface area (Å²) in [7, 11) is 1.57. The molecule has 0 spiro atoms. The summed E-state index contributed by atoms with van der Waals surface area (Å²) in [5.41, 5.74) is 2.46. The maximum Gasteiger partial charge on any atom is 0.247 e. The van der Waals surface area contributed by atoms with Gasteiger partial charge in [-0.1, -0.05) is 77.8 Å². The first kappa shape index (κ1) is 21.9. The van der Waals surface area contributed by atoms with Crippen LogP contribution < -0.4 is 5.32 Å². The second kappa shape index (κ2) is 10.3. The lowest BCUT2D eigenvalue weighted by Gasteiger charge is -2.31. The number of hydrogen-bond acceptors (Lipinski definition) is 2. The Balaban J connectivity index is 1.97. The van der Waals surface area contributed by atoms with E-state index in [-0.39, 0.29) is 24.8 Å². The maximum atomic E-state index is 13.4. The highest BCUT2D eigenvalue weighted by molar-refractivity contribution is 6.30. The summed E-state index contributed by atoms with van der Waals surface area (Å²) in [6.45, 7) is 0.274. The first-order valence-corrected chi connectivity index (χ1v) is 10.3. The number of benzene rings is 3. The molecule has 2 amide bonds. The molecule has 0 fully saturated rings. The number of amides is 2. The third kappa shape index (κ3) is 5.62. The monoisotopic (exact) mass is 440 g/mol. The Morgan fingerprint density at radius 3 is 1.90 bits per heavy atom. The van der Waals surface area contributed by atoms with Gasteiger partial charge in [0.05, 0.1) is 6.42 Å². The number of halogens is 2. The molecule has 0 radical (unpaired) electrons. The molecule has 0 saturated heterocycles. The molecule has 1 atom stereocenters. The molecule has 3 aromatic rings. The van der Waals surface area contributed by atoms with E-state index in [2.05, 4.69) is 5.32 Å². The molecule has 0 aromatic heterocycles. The smallest absolute Gasteiger partial charge is 0.247 e. The predicted octanol–water partition coefficient (Wildman–Crippen LogP) is 5.05. The van der Waals surface area contributed by atoms with Crippen LogP contribution in [0.4, 0.5) is 0 Å². The highest BCUT2D eigenvalue weighted by atomic mass is 35.5. The number of nitrogens with one attached hydrogen (secondary N) is 1. The lowest BCUT2D eigenvalue weighted by atomic mass is 10.0. The van der Waals surface area contributed by atoms with E-state index < -0.39 is 6.04 Å². The normalized spacial score (nSPS) is 11.6. The minimum Gasteiger partial charge on any atom is -0.357 e. The summed E-state index contributed by atoms with van der Waals surface area (Å²) in [6.07, 6.45) is 0.158. The quantitative estimate of drug-likeness (QED) is 0.558. The van der Waals surface area contributed by atoms with Crippen LogP contribution in [-0.4, -0.2) is 23.8 Å². The molecule has 0 aliphatic carbocycles. The average Bonchev–Trinajstić information content (AvgIpc) is 2.76. The van der Waals surface area contributed by atoms with E-state index >= 15 is 0 Å². The number of nitrogens with zero attached hydrogens (tertiary/aromatic N) is 1. The van der Waals surface area contributed by atoms with E-state index in [1.54, 1.807) is 36.2 Å². The van der Waals surface area contributed by atoms with Crippen LogP contribution in [0.15, 0.2) is 78.9 Å². The van der Waals surface area contributed by atoms with Crippen molar-refractivity contribution in [1.29, 1.82) is 0 Å². The Morgan fingerprint density at radius 1 is 0.833 bits per heavy atom. The molecule has 6 heteroatoms. The number of hydrogen-bond donors (Lipinski definition) is 1. The van der Waals surface area contributed by atoms with Gasteiger partial charge < -0.3 is 10.2 Å². The fourth-order valence-corrected chi connectivity index (χ4v) is 3.49. The van der Waals surface area contributed by atoms with Crippen molar-refractivity contribution in [2.45, 2.75) is 19.0 Å². The number of carbonyl (C=O) groups is 2. The van der Waals surface area contributed by atoms with Crippen molar-refractivity contribution in [2.75, 3.05) is 7.05 Å². The minimum absolute atomic E-state index is 0.158. The zero-order chi connectivity index (χ0) is 21.5. The van der Waals surface area contributed by atoms with Gasteiger partial charge in [0.25, 0.3) is 0 Å². The molecule has 3 aromatic carbocycles. The summed E-state index contributed by atoms with van der Waals surface area (Å²) in [4.78, 5) is 27.9. The fraction of sp³-hybridized carbons (Fsp3) is 0.167. The Morgan fingerprint density at radius 2 is 1.37 bits per heavy atom. The largest absolute Gasteiger partial charge is 0.357 e. The van der Waals surface area contributed by atoms with E-state index in [4.69, 9.17) is 23.2 Å². The van der Waals surface area contributed by atoms with Crippen molar-refractivity contribution in [3.63, 3.8) is 0 Å². The minimum atomic E-state index is -0.758. The van der Waals surface area contributed by atoms with Gasteiger partial charge in [-0.2, -0.15) is 0 Å². The van der Waals surface area contributed by atoms with Crippen LogP contribution in [0.2, 0.25) is 10.0 Å². The molecule has 1 N–H and O–H groups in total. The summed E-state index contributed by atoms with van der Waals surface area (Å²) in [5, 5.41) is 3.92. The van der Waals surface area contributed by atoms with Crippen molar-refractivity contribution in [2.24, 2.45) is 0 Å². The Labute approximate surface area is 186 Å². The van der Waals surface area contributed by atoms with Gasteiger partial charge in [-0.15, -0.1) is 0 Å². The molecule has 0 bridgehead atoms. The van der Waals surface area contributed by atoms with Crippen molar-refractivity contribution in [3.8, 4) is 0 Å². The first-order chi connectivity index (χ1) is 14.5. The Hall–Kier alpha value is -2.82. The van der Waals surface area contributed by atoms with Crippen LogP contribution in [0, 0.1) is 0 Å². The van der Waals surface area contributed by atoms with Gasteiger partial charge in [-0.3, -0.25) is 9.59 Å². The van der Waals surface area contributed by atoms with Crippen LogP contribution in [0.5, 0.6) is 0 Å². The number of rotatable bonds is 7. The molecular formula is C24H22Cl2N2O2. The van der Waals surface area contributed by atoms with E-state index in [0.29, 0.717) is 10.0 Å². The number of carbonyl (C=O) groups excluding carboxylic acids is 2. The van der Waals surface area contributed by atoms with Crippen LogP contribution in [0.1, 0.15) is 22.7 Å². The van der Waals surface area contributed by atoms with E-state index in [9.17, 15) is 9.59 Å². The SMILES string of the molecule is CNC(=O)[C@@H](c1ccccc1)N(Cc1ccc(Cl)cc1)C(=O)Cc1ccc(Cl)cc1. The molecule has 4 nitrogen and oxygen atoms in total. The zero-order valence-corrected chi connectivity index (χ0v) is 18.0. The van der Waals surface area contributed by atoms with Crippen LogP contribution >= 0.6 is 23.2 Å². The van der Waals surface area contributed by atoms with Gasteiger partial charge in [0.15, 0.2) is 0 Å². The lowest BCUT2D eigenvalue weighted by molar-refractivity contribution is -0.141. The second-order valence-corrected chi connectivity index (χ2v) is 7.75. The van der Waals surface area contributed by atoms with Gasteiger partial charge in [0, 0.05) is 23.6 Å². The van der Waals surface area contributed by atoms with E-state index in [1.807, 2.05) is 54.6 Å². The zero-order valence-electron chi connectivity index (χ0n) is 16.5. The van der Waals surface area contributed by atoms with Crippen LogP contribution in [0.25, 0.3) is 0 Å². The standard InChI is InChI=1S/C24H22Cl2N2O2/c1-27-24(30)23(19-5-3-2-4-6-19)28(16-18-9-13-21(26)14-10-18)22(29)15-17-7-11-20(25)12-8-17/h2-14,23H,15-16H2,1H3,(H,27,30)/t23-/m1/s1. The number of likely N-dealkylation sites (N-methyl/N-ethyl adjacent to an activating group) is 1. The highest BCUT2D eigenvalue weighted by Crippen LogP contribution is 2.25.